The lowest BCUT2D eigenvalue weighted by molar-refractivity contribution is 0.259. The molecule has 2 aromatic rings. The minimum atomic E-state index is 0.622. The predicted octanol–water partition coefficient (Wildman–Crippen LogP) is 1.85. The molecule has 1 fully saturated rings. The lowest BCUT2D eigenvalue weighted by atomic mass is 10.1. The average molecular weight is 298 g/mol. The van der Waals surface area contributed by atoms with Crippen molar-refractivity contribution in [2.45, 2.75) is 6.42 Å². The first kappa shape index (κ1) is 14.8. The molecule has 22 heavy (non-hydrogen) atoms. The van der Waals surface area contributed by atoms with Crippen molar-refractivity contribution in [1.29, 1.82) is 0 Å². The molecular weight excluding hydrogens is 276 g/mol. The summed E-state index contributed by atoms with van der Waals surface area (Å²) in [5.41, 5.74) is 1.40. The van der Waals surface area contributed by atoms with Crippen LogP contribution in [0, 0.1) is 0 Å². The molecule has 0 bridgehead atoms. The van der Waals surface area contributed by atoms with Crippen LogP contribution in [0.4, 0.5) is 5.95 Å². The molecule has 5 heteroatoms. The Kier molecular flexibility index (Phi) is 4.85. The summed E-state index contributed by atoms with van der Waals surface area (Å²) in [7, 11) is 1.63. The van der Waals surface area contributed by atoms with Crippen molar-refractivity contribution >= 4 is 5.95 Å². The highest BCUT2D eigenvalue weighted by Crippen LogP contribution is 2.14. The van der Waals surface area contributed by atoms with Crippen LogP contribution >= 0.6 is 0 Å². The van der Waals surface area contributed by atoms with E-state index >= 15 is 0 Å². The van der Waals surface area contributed by atoms with Crippen molar-refractivity contribution in [3.05, 3.63) is 48.2 Å². The van der Waals surface area contributed by atoms with Gasteiger partial charge in [-0.25, -0.2) is 4.98 Å². The fourth-order valence-electron chi connectivity index (χ4n) is 2.70. The van der Waals surface area contributed by atoms with E-state index in [2.05, 4.69) is 50.1 Å². The van der Waals surface area contributed by atoms with Gasteiger partial charge in [0.25, 0.3) is 0 Å². The molecule has 0 saturated carbocycles. The fraction of sp³-hybridized carbons (Fsp3) is 0.412. The lowest BCUT2D eigenvalue weighted by Crippen LogP contribution is -2.47. The van der Waals surface area contributed by atoms with E-state index in [1.807, 2.05) is 0 Å². The average Bonchev–Trinajstić information content (AvgIpc) is 2.61. The summed E-state index contributed by atoms with van der Waals surface area (Å²) >= 11 is 0. The van der Waals surface area contributed by atoms with Crippen LogP contribution < -0.4 is 9.64 Å². The van der Waals surface area contributed by atoms with E-state index in [-0.39, 0.29) is 0 Å². The predicted molar refractivity (Wildman–Crippen MR) is 87.4 cm³/mol. The number of hydrogen-bond donors (Lipinski definition) is 0. The Morgan fingerprint density at radius 3 is 2.55 bits per heavy atom. The Bertz CT molecular complexity index is 582. The van der Waals surface area contributed by atoms with Gasteiger partial charge in [0, 0.05) is 45.0 Å². The number of aromatic nitrogens is 2. The van der Waals surface area contributed by atoms with E-state index in [0.29, 0.717) is 5.88 Å². The molecule has 1 aliphatic rings. The molecule has 116 valence electrons. The van der Waals surface area contributed by atoms with Gasteiger partial charge >= 0.3 is 0 Å². The molecule has 0 N–H and O–H groups in total. The van der Waals surface area contributed by atoms with E-state index in [1.54, 1.807) is 19.4 Å². The third kappa shape index (κ3) is 3.74. The number of methoxy groups -OCH3 is 1. The number of benzene rings is 1. The maximum atomic E-state index is 5.17. The topological polar surface area (TPSA) is 41.5 Å². The summed E-state index contributed by atoms with van der Waals surface area (Å²) in [5.74, 6) is 1.39. The summed E-state index contributed by atoms with van der Waals surface area (Å²) < 4.78 is 5.17. The second-order valence-corrected chi connectivity index (χ2v) is 5.46. The molecule has 5 nitrogen and oxygen atoms in total. The molecule has 1 aromatic carbocycles. The van der Waals surface area contributed by atoms with Crippen molar-refractivity contribution in [1.82, 2.24) is 14.9 Å². The second-order valence-electron chi connectivity index (χ2n) is 5.46. The van der Waals surface area contributed by atoms with Gasteiger partial charge in [-0.3, -0.25) is 4.90 Å². The van der Waals surface area contributed by atoms with Crippen molar-refractivity contribution in [3.8, 4) is 5.88 Å². The Labute approximate surface area is 131 Å². The number of piperazine rings is 1. The highest BCUT2D eigenvalue weighted by Gasteiger charge is 2.18. The van der Waals surface area contributed by atoms with E-state index in [9.17, 15) is 0 Å². The summed E-state index contributed by atoms with van der Waals surface area (Å²) in [6, 6.07) is 12.4. The van der Waals surface area contributed by atoms with Crippen LogP contribution in [0.5, 0.6) is 5.88 Å². The molecule has 0 aliphatic carbocycles. The Morgan fingerprint density at radius 2 is 1.82 bits per heavy atom. The number of ether oxygens (including phenoxy) is 1. The normalized spacial score (nSPS) is 15.8. The van der Waals surface area contributed by atoms with E-state index in [4.69, 9.17) is 4.74 Å². The van der Waals surface area contributed by atoms with Gasteiger partial charge in [0.1, 0.15) is 0 Å². The van der Waals surface area contributed by atoms with Gasteiger partial charge in [0.15, 0.2) is 0 Å². The van der Waals surface area contributed by atoms with E-state index in [1.165, 1.54) is 5.56 Å². The molecule has 1 aromatic heterocycles. The van der Waals surface area contributed by atoms with Crippen LogP contribution in [-0.2, 0) is 6.42 Å². The Hall–Kier alpha value is -2.14. The first-order valence-corrected chi connectivity index (χ1v) is 7.73. The highest BCUT2D eigenvalue weighted by molar-refractivity contribution is 5.32. The summed E-state index contributed by atoms with van der Waals surface area (Å²) in [5, 5.41) is 0. The van der Waals surface area contributed by atoms with Crippen LogP contribution in [0.1, 0.15) is 5.56 Å². The number of nitrogens with zero attached hydrogens (tertiary/aromatic N) is 4. The zero-order chi connectivity index (χ0) is 15.2. The van der Waals surface area contributed by atoms with E-state index in [0.717, 1.165) is 45.1 Å². The number of anilines is 1. The van der Waals surface area contributed by atoms with Crippen molar-refractivity contribution < 1.29 is 4.74 Å². The summed E-state index contributed by atoms with van der Waals surface area (Å²) in [6.45, 7) is 5.13. The summed E-state index contributed by atoms with van der Waals surface area (Å²) in [6.07, 6.45) is 2.86. The van der Waals surface area contributed by atoms with Gasteiger partial charge in [-0.2, -0.15) is 4.98 Å². The highest BCUT2D eigenvalue weighted by atomic mass is 16.5. The van der Waals surface area contributed by atoms with Gasteiger partial charge in [-0.05, 0) is 12.0 Å². The third-order valence-corrected chi connectivity index (χ3v) is 4.04. The summed E-state index contributed by atoms with van der Waals surface area (Å²) in [4.78, 5) is 13.5. The second kappa shape index (κ2) is 7.22. The number of rotatable bonds is 5. The quantitative estimate of drug-likeness (QED) is 0.842. The molecule has 0 spiro atoms. The first-order chi connectivity index (χ1) is 10.8. The van der Waals surface area contributed by atoms with Crippen molar-refractivity contribution in [2.75, 3.05) is 44.7 Å². The SMILES string of the molecule is COc1ccnc(N2CCN(CCc3ccccc3)CC2)n1. The molecular formula is C17H22N4O. The zero-order valence-electron chi connectivity index (χ0n) is 13.0. The van der Waals surface area contributed by atoms with Crippen LogP contribution in [0.15, 0.2) is 42.6 Å². The minimum absolute atomic E-state index is 0.622. The van der Waals surface area contributed by atoms with Crippen molar-refractivity contribution in [3.63, 3.8) is 0 Å². The molecule has 0 unspecified atom stereocenters. The molecule has 2 heterocycles. The zero-order valence-corrected chi connectivity index (χ0v) is 13.0. The molecule has 1 aliphatic heterocycles. The first-order valence-electron chi connectivity index (χ1n) is 7.73. The van der Waals surface area contributed by atoms with Gasteiger partial charge in [0.05, 0.1) is 7.11 Å². The maximum absolute atomic E-state index is 5.17. The monoisotopic (exact) mass is 298 g/mol. The van der Waals surface area contributed by atoms with E-state index < -0.39 is 0 Å². The Balaban J connectivity index is 1.49. The fourth-order valence-corrected chi connectivity index (χ4v) is 2.70. The van der Waals surface area contributed by atoms with Gasteiger partial charge in [-0.1, -0.05) is 30.3 Å². The molecule has 0 amide bonds. The van der Waals surface area contributed by atoms with Crippen LogP contribution in [0.2, 0.25) is 0 Å². The van der Waals surface area contributed by atoms with Crippen LogP contribution in [-0.4, -0.2) is 54.7 Å². The number of hydrogen-bond acceptors (Lipinski definition) is 5. The smallest absolute Gasteiger partial charge is 0.228 e. The third-order valence-electron chi connectivity index (χ3n) is 4.04. The van der Waals surface area contributed by atoms with Gasteiger partial charge in [-0.15, -0.1) is 0 Å². The molecule has 0 radical (unpaired) electrons. The molecule has 0 atom stereocenters. The van der Waals surface area contributed by atoms with Crippen molar-refractivity contribution in [2.24, 2.45) is 0 Å². The van der Waals surface area contributed by atoms with Gasteiger partial charge in [0.2, 0.25) is 11.8 Å². The maximum Gasteiger partial charge on any atom is 0.228 e. The standard InChI is InChI=1S/C17H22N4O/c1-22-16-7-9-18-17(19-16)21-13-11-20(12-14-21)10-8-15-5-3-2-4-6-15/h2-7,9H,8,10-14H2,1H3. The molecule has 1 saturated heterocycles. The molecule has 3 rings (SSSR count). The largest absolute Gasteiger partial charge is 0.481 e. The van der Waals surface area contributed by atoms with Crippen LogP contribution in [0.25, 0.3) is 0 Å². The van der Waals surface area contributed by atoms with Gasteiger partial charge < -0.3 is 9.64 Å². The van der Waals surface area contributed by atoms with Crippen LogP contribution in [0.3, 0.4) is 0 Å². The Morgan fingerprint density at radius 1 is 1.05 bits per heavy atom. The lowest BCUT2D eigenvalue weighted by Gasteiger charge is -2.34. The minimum Gasteiger partial charge on any atom is -0.481 e.